The van der Waals surface area contributed by atoms with E-state index < -0.39 is 0 Å². The molecule has 2 heterocycles. The van der Waals surface area contributed by atoms with Crippen LogP contribution in [0.4, 0.5) is 0 Å². The Morgan fingerprint density at radius 2 is 2.17 bits per heavy atom. The third-order valence-electron chi connectivity index (χ3n) is 4.55. The molecule has 0 N–H and O–H groups in total. The smallest absolute Gasteiger partial charge is 0.134 e. The number of aromatic nitrogens is 2. The van der Waals surface area contributed by atoms with Gasteiger partial charge in [0, 0.05) is 28.9 Å². The molecule has 0 aliphatic heterocycles. The van der Waals surface area contributed by atoms with E-state index >= 15 is 0 Å². The average molecular weight is 323 g/mol. The summed E-state index contributed by atoms with van der Waals surface area (Å²) >= 11 is 1.58. The van der Waals surface area contributed by atoms with Crippen molar-refractivity contribution in [1.29, 1.82) is 5.26 Å². The molecule has 0 saturated heterocycles. The molecule has 3 rings (SSSR count). The number of thiazole rings is 1. The normalized spacial score (nSPS) is 14.0. The third-order valence-corrected chi connectivity index (χ3v) is 5.41. The van der Waals surface area contributed by atoms with Gasteiger partial charge in [0.2, 0.25) is 0 Å². The van der Waals surface area contributed by atoms with Gasteiger partial charge in [0.25, 0.3) is 0 Å². The second-order valence-electron chi connectivity index (χ2n) is 6.02. The van der Waals surface area contributed by atoms with Crippen molar-refractivity contribution in [3.63, 3.8) is 0 Å². The highest BCUT2D eigenvalue weighted by molar-refractivity contribution is 7.11. The molecule has 3 nitrogen and oxygen atoms in total. The summed E-state index contributed by atoms with van der Waals surface area (Å²) in [5, 5.41) is 12.5. The van der Waals surface area contributed by atoms with Crippen LogP contribution in [-0.4, -0.2) is 9.55 Å². The fourth-order valence-corrected chi connectivity index (χ4v) is 4.17. The van der Waals surface area contributed by atoms with Gasteiger partial charge >= 0.3 is 0 Å². The molecule has 118 valence electrons. The Balaban J connectivity index is 2.00. The van der Waals surface area contributed by atoms with Crippen molar-refractivity contribution in [2.24, 2.45) is 0 Å². The van der Waals surface area contributed by atoms with Crippen molar-refractivity contribution in [2.75, 3.05) is 0 Å². The lowest BCUT2D eigenvalue weighted by molar-refractivity contribution is 0.770. The summed E-state index contributed by atoms with van der Waals surface area (Å²) in [4.78, 5) is 4.77. The molecule has 2 aromatic heterocycles. The van der Waals surface area contributed by atoms with Crippen molar-refractivity contribution in [1.82, 2.24) is 9.55 Å². The molecular formula is C19H21N3S. The minimum atomic E-state index is 0.804. The maximum Gasteiger partial charge on any atom is 0.134 e. The number of rotatable bonds is 4. The molecule has 1 fully saturated rings. The Morgan fingerprint density at radius 1 is 1.43 bits per heavy atom. The van der Waals surface area contributed by atoms with Crippen molar-refractivity contribution >= 4 is 16.9 Å². The van der Waals surface area contributed by atoms with Gasteiger partial charge < -0.3 is 4.57 Å². The van der Waals surface area contributed by atoms with Crippen LogP contribution in [0.5, 0.6) is 0 Å². The Morgan fingerprint density at radius 3 is 2.83 bits per heavy atom. The van der Waals surface area contributed by atoms with E-state index in [-0.39, 0.29) is 0 Å². The summed E-state index contributed by atoms with van der Waals surface area (Å²) in [6.45, 7) is 8.86. The molecule has 0 amide bonds. The topological polar surface area (TPSA) is 41.6 Å². The van der Waals surface area contributed by atoms with E-state index in [1.54, 1.807) is 11.3 Å². The number of allylic oxidation sites excluding steroid dienone is 3. The lowest BCUT2D eigenvalue weighted by atomic mass is 10.1. The van der Waals surface area contributed by atoms with Gasteiger partial charge in [-0.05, 0) is 51.2 Å². The Labute approximate surface area is 141 Å². The van der Waals surface area contributed by atoms with Crippen LogP contribution in [0.25, 0.3) is 16.8 Å². The first kappa shape index (κ1) is 15.8. The summed E-state index contributed by atoms with van der Waals surface area (Å²) in [5.74, 6) is 0. The zero-order chi connectivity index (χ0) is 16.4. The summed E-state index contributed by atoms with van der Waals surface area (Å²) in [5.41, 5.74) is 6.62. The first-order valence-electron chi connectivity index (χ1n) is 8.01. The second kappa shape index (κ2) is 6.55. The molecule has 4 heteroatoms. The van der Waals surface area contributed by atoms with Crippen molar-refractivity contribution in [3.8, 4) is 17.3 Å². The fraction of sp³-hybridized carbons (Fsp3) is 0.368. The molecule has 0 aromatic carbocycles. The quantitative estimate of drug-likeness (QED) is 0.568. The van der Waals surface area contributed by atoms with Crippen LogP contribution in [-0.2, 0) is 6.54 Å². The van der Waals surface area contributed by atoms with Gasteiger partial charge in [0.15, 0.2) is 0 Å². The largest absolute Gasteiger partial charge is 0.345 e. The summed E-state index contributed by atoms with van der Waals surface area (Å²) in [6.07, 6.45) is 6.40. The highest BCUT2D eigenvalue weighted by Crippen LogP contribution is 2.35. The van der Waals surface area contributed by atoms with Gasteiger partial charge in [0.05, 0.1) is 11.3 Å². The van der Waals surface area contributed by atoms with E-state index in [1.807, 2.05) is 6.08 Å². The monoisotopic (exact) mass is 323 g/mol. The first-order valence-corrected chi connectivity index (χ1v) is 8.89. The van der Waals surface area contributed by atoms with Crippen LogP contribution < -0.4 is 0 Å². The van der Waals surface area contributed by atoms with Gasteiger partial charge in [-0.1, -0.05) is 6.08 Å². The van der Waals surface area contributed by atoms with Crippen LogP contribution in [0.2, 0.25) is 0 Å². The SMILES string of the molecule is C=CCn1c(C)cc(-c2csc(C(C#N)=C3CCCC3)n2)c1C. The van der Waals surface area contributed by atoms with Crippen LogP contribution >= 0.6 is 11.3 Å². The highest BCUT2D eigenvalue weighted by Gasteiger charge is 2.18. The number of nitriles is 1. The molecular weight excluding hydrogens is 302 g/mol. The van der Waals surface area contributed by atoms with Crippen LogP contribution in [0, 0.1) is 25.2 Å². The van der Waals surface area contributed by atoms with E-state index in [0.29, 0.717) is 0 Å². The van der Waals surface area contributed by atoms with Crippen molar-refractivity contribution in [2.45, 2.75) is 46.1 Å². The van der Waals surface area contributed by atoms with Gasteiger partial charge in [-0.3, -0.25) is 0 Å². The van der Waals surface area contributed by atoms with Crippen LogP contribution in [0.1, 0.15) is 42.1 Å². The molecule has 0 bridgehead atoms. The van der Waals surface area contributed by atoms with E-state index in [1.165, 1.54) is 29.8 Å². The summed E-state index contributed by atoms with van der Waals surface area (Å²) < 4.78 is 2.24. The average Bonchev–Trinajstić information content (AvgIpc) is 3.26. The molecule has 1 saturated carbocycles. The Bertz CT molecular complexity index is 806. The molecule has 1 aliphatic rings. The number of nitrogens with zero attached hydrogens (tertiary/aromatic N) is 3. The molecule has 23 heavy (non-hydrogen) atoms. The van der Waals surface area contributed by atoms with E-state index in [2.05, 4.69) is 42.5 Å². The molecule has 2 aromatic rings. The van der Waals surface area contributed by atoms with E-state index in [0.717, 1.165) is 41.2 Å². The molecule has 0 spiro atoms. The molecule has 1 aliphatic carbocycles. The first-order chi connectivity index (χ1) is 11.2. The standard InChI is InChI=1S/C19H21N3S/c1-4-9-22-13(2)10-16(14(22)3)18-12-23-19(21-18)17(11-20)15-7-5-6-8-15/h4,10,12H,1,5-9H2,2-3H3. The third kappa shape index (κ3) is 2.89. The lowest BCUT2D eigenvalue weighted by Gasteiger charge is -2.05. The second-order valence-corrected chi connectivity index (χ2v) is 6.88. The minimum absolute atomic E-state index is 0.804. The van der Waals surface area contributed by atoms with Gasteiger partial charge in [-0.25, -0.2) is 4.98 Å². The lowest BCUT2D eigenvalue weighted by Crippen LogP contribution is -1.99. The molecule has 0 unspecified atom stereocenters. The van der Waals surface area contributed by atoms with Gasteiger partial charge in [0.1, 0.15) is 11.1 Å². The zero-order valence-electron chi connectivity index (χ0n) is 13.7. The summed E-state index contributed by atoms with van der Waals surface area (Å²) in [7, 11) is 0. The molecule has 0 atom stereocenters. The van der Waals surface area contributed by atoms with Crippen molar-refractivity contribution < 1.29 is 0 Å². The van der Waals surface area contributed by atoms with Crippen LogP contribution in [0.3, 0.4) is 0 Å². The maximum absolute atomic E-state index is 9.54. The van der Waals surface area contributed by atoms with Crippen LogP contribution in [0.15, 0.2) is 29.7 Å². The van der Waals surface area contributed by atoms with E-state index in [4.69, 9.17) is 4.98 Å². The fourth-order valence-electron chi connectivity index (χ4n) is 3.31. The van der Waals surface area contributed by atoms with Gasteiger partial charge in [-0.15, -0.1) is 17.9 Å². The highest BCUT2D eigenvalue weighted by atomic mass is 32.1. The number of hydrogen-bond acceptors (Lipinski definition) is 3. The summed E-state index contributed by atoms with van der Waals surface area (Å²) in [6, 6.07) is 4.56. The van der Waals surface area contributed by atoms with E-state index in [9.17, 15) is 5.26 Å². The maximum atomic E-state index is 9.54. The zero-order valence-corrected chi connectivity index (χ0v) is 14.5. The Kier molecular flexibility index (Phi) is 4.49. The predicted molar refractivity (Wildman–Crippen MR) is 96.2 cm³/mol. The Hall–Kier alpha value is -2.12. The number of hydrogen-bond donors (Lipinski definition) is 0. The number of aryl methyl sites for hydroxylation is 1. The minimum Gasteiger partial charge on any atom is -0.345 e. The van der Waals surface area contributed by atoms with Gasteiger partial charge in [-0.2, -0.15) is 5.26 Å². The van der Waals surface area contributed by atoms with Crippen molar-refractivity contribution in [3.05, 3.63) is 46.1 Å². The predicted octanol–water partition coefficient (Wildman–Crippen LogP) is 5.27. The molecule has 0 radical (unpaired) electrons.